The van der Waals surface area contributed by atoms with Gasteiger partial charge in [-0.1, -0.05) is 20.8 Å². The molecule has 0 fully saturated rings. The lowest BCUT2D eigenvalue weighted by Crippen LogP contribution is -2.52. The molecule has 108 valence electrons. The van der Waals surface area contributed by atoms with Crippen molar-refractivity contribution in [3.05, 3.63) is 0 Å². The maximum atomic E-state index is 12.1. The number of carboxylic acids is 1. The molecule has 0 atom stereocenters. The Labute approximate surface area is 110 Å². The molecule has 0 aromatic heterocycles. The largest absolute Gasteiger partial charge is 0.481 e. The lowest BCUT2D eigenvalue weighted by atomic mass is 9.91. The van der Waals surface area contributed by atoms with E-state index in [1.165, 1.54) is 7.05 Å². The van der Waals surface area contributed by atoms with Crippen molar-refractivity contribution in [2.75, 3.05) is 13.6 Å². The van der Waals surface area contributed by atoms with Crippen LogP contribution in [0.2, 0.25) is 0 Å². The standard InChI is InChI=1S/C11H24N2O4S/c1-5-11(6-2,7-3)12-18(16,17)13(4)9-8-10(14)15/h12H,5-9H2,1-4H3,(H,14,15). The predicted octanol–water partition coefficient (Wildman–Crippen LogP) is 1.20. The number of nitrogens with one attached hydrogen (secondary N) is 1. The fourth-order valence-corrected chi connectivity index (χ4v) is 3.16. The van der Waals surface area contributed by atoms with E-state index >= 15 is 0 Å². The quantitative estimate of drug-likeness (QED) is 0.664. The Morgan fingerprint density at radius 2 is 1.67 bits per heavy atom. The molecular weight excluding hydrogens is 256 g/mol. The molecule has 0 bridgehead atoms. The zero-order valence-corrected chi connectivity index (χ0v) is 12.4. The molecule has 0 aromatic carbocycles. The van der Waals surface area contributed by atoms with Crippen molar-refractivity contribution < 1.29 is 18.3 Å². The molecule has 18 heavy (non-hydrogen) atoms. The topological polar surface area (TPSA) is 86.7 Å². The van der Waals surface area contributed by atoms with Crippen molar-refractivity contribution >= 4 is 16.2 Å². The number of carboxylic acid groups (broad SMARTS) is 1. The smallest absolute Gasteiger partial charge is 0.304 e. The van der Waals surface area contributed by atoms with Crippen molar-refractivity contribution in [3.8, 4) is 0 Å². The number of nitrogens with zero attached hydrogens (tertiary/aromatic N) is 1. The van der Waals surface area contributed by atoms with Crippen LogP contribution in [0.15, 0.2) is 0 Å². The summed E-state index contributed by atoms with van der Waals surface area (Å²) in [6, 6.07) is 0. The summed E-state index contributed by atoms with van der Waals surface area (Å²) in [6.07, 6.45) is 1.90. The van der Waals surface area contributed by atoms with Crippen molar-refractivity contribution in [1.29, 1.82) is 0 Å². The zero-order valence-electron chi connectivity index (χ0n) is 11.6. The molecule has 0 rings (SSSR count). The summed E-state index contributed by atoms with van der Waals surface area (Å²) in [5.74, 6) is -1.01. The van der Waals surface area contributed by atoms with E-state index in [1.54, 1.807) is 0 Å². The molecule has 0 aromatic rings. The zero-order chi connectivity index (χ0) is 14.4. The Morgan fingerprint density at radius 1 is 1.22 bits per heavy atom. The first kappa shape index (κ1) is 17.3. The highest BCUT2D eigenvalue weighted by atomic mass is 32.2. The maximum Gasteiger partial charge on any atom is 0.304 e. The molecule has 0 saturated heterocycles. The minimum atomic E-state index is -3.63. The number of rotatable bonds is 9. The van der Waals surface area contributed by atoms with E-state index in [0.29, 0.717) is 19.3 Å². The Kier molecular flexibility index (Phi) is 6.80. The number of aliphatic carboxylic acids is 1. The van der Waals surface area contributed by atoms with Crippen molar-refractivity contribution in [2.24, 2.45) is 0 Å². The minimum absolute atomic E-state index is 0.0299. The maximum absolute atomic E-state index is 12.1. The summed E-state index contributed by atoms with van der Waals surface area (Å²) < 4.78 is 27.9. The third-order valence-corrected chi connectivity index (χ3v) is 5.12. The molecule has 6 nitrogen and oxygen atoms in total. The fourth-order valence-electron chi connectivity index (χ4n) is 1.69. The van der Waals surface area contributed by atoms with Gasteiger partial charge in [-0.25, -0.2) is 0 Å². The SMILES string of the molecule is CCC(CC)(CC)NS(=O)(=O)N(C)CCC(=O)O. The van der Waals surface area contributed by atoms with Gasteiger partial charge in [0.05, 0.1) is 6.42 Å². The van der Waals surface area contributed by atoms with E-state index in [4.69, 9.17) is 5.11 Å². The van der Waals surface area contributed by atoms with Gasteiger partial charge in [0, 0.05) is 19.1 Å². The fraction of sp³-hybridized carbons (Fsp3) is 0.909. The highest BCUT2D eigenvalue weighted by molar-refractivity contribution is 7.87. The lowest BCUT2D eigenvalue weighted by Gasteiger charge is -2.33. The van der Waals surface area contributed by atoms with E-state index in [0.717, 1.165) is 4.31 Å². The highest BCUT2D eigenvalue weighted by Gasteiger charge is 2.31. The number of carbonyl (C=O) groups is 1. The number of hydrogen-bond donors (Lipinski definition) is 2. The van der Waals surface area contributed by atoms with E-state index in [2.05, 4.69) is 4.72 Å². The van der Waals surface area contributed by atoms with E-state index in [-0.39, 0.29) is 13.0 Å². The monoisotopic (exact) mass is 280 g/mol. The van der Waals surface area contributed by atoms with Gasteiger partial charge in [0.15, 0.2) is 0 Å². The molecule has 0 spiro atoms. The molecule has 0 radical (unpaired) electrons. The Bertz CT molecular complexity index is 355. The van der Waals surface area contributed by atoms with Crippen molar-refractivity contribution in [1.82, 2.24) is 9.03 Å². The molecular formula is C11H24N2O4S. The van der Waals surface area contributed by atoms with Crippen molar-refractivity contribution in [2.45, 2.75) is 52.0 Å². The van der Waals surface area contributed by atoms with Crippen LogP contribution in [-0.2, 0) is 15.0 Å². The summed E-state index contributed by atoms with van der Waals surface area (Å²) in [5.41, 5.74) is -0.448. The van der Waals surface area contributed by atoms with E-state index in [1.807, 2.05) is 20.8 Å². The molecule has 0 aliphatic carbocycles. The third-order valence-electron chi connectivity index (χ3n) is 3.43. The summed E-state index contributed by atoms with van der Waals surface area (Å²) in [6.45, 7) is 5.78. The number of hydrogen-bond acceptors (Lipinski definition) is 3. The first-order chi connectivity index (χ1) is 8.23. The van der Waals surface area contributed by atoms with E-state index < -0.39 is 21.7 Å². The summed E-state index contributed by atoms with van der Waals surface area (Å²) in [4.78, 5) is 10.4. The molecule has 0 amide bonds. The lowest BCUT2D eigenvalue weighted by molar-refractivity contribution is -0.137. The van der Waals surface area contributed by atoms with Crippen LogP contribution < -0.4 is 4.72 Å². The van der Waals surface area contributed by atoms with Crippen LogP contribution in [0.4, 0.5) is 0 Å². The van der Waals surface area contributed by atoms with Gasteiger partial charge in [-0.05, 0) is 19.3 Å². The second-order valence-electron chi connectivity index (χ2n) is 4.41. The van der Waals surface area contributed by atoms with Gasteiger partial charge >= 0.3 is 5.97 Å². The van der Waals surface area contributed by atoms with Gasteiger partial charge in [-0.2, -0.15) is 17.4 Å². The first-order valence-corrected chi connectivity index (χ1v) is 7.64. The van der Waals surface area contributed by atoms with Gasteiger partial charge in [0.25, 0.3) is 10.2 Å². The third kappa shape index (κ3) is 4.91. The average molecular weight is 280 g/mol. The molecule has 0 aliphatic rings. The average Bonchev–Trinajstić information content (AvgIpc) is 2.33. The van der Waals surface area contributed by atoms with Crippen LogP contribution in [0.5, 0.6) is 0 Å². The van der Waals surface area contributed by atoms with Crippen LogP contribution in [0.3, 0.4) is 0 Å². The predicted molar refractivity (Wildman–Crippen MR) is 70.5 cm³/mol. The van der Waals surface area contributed by atoms with E-state index in [9.17, 15) is 13.2 Å². The normalized spacial score (nSPS) is 12.9. The summed E-state index contributed by atoms with van der Waals surface area (Å²) in [7, 11) is -2.24. The van der Waals surface area contributed by atoms with Gasteiger partial charge in [0.2, 0.25) is 0 Å². The summed E-state index contributed by atoms with van der Waals surface area (Å²) >= 11 is 0. The molecule has 0 saturated carbocycles. The van der Waals surface area contributed by atoms with Gasteiger partial charge in [-0.15, -0.1) is 0 Å². The van der Waals surface area contributed by atoms with Crippen molar-refractivity contribution in [3.63, 3.8) is 0 Å². The molecule has 0 unspecified atom stereocenters. The Morgan fingerprint density at radius 3 is 2.00 bits per heavy atom. The van der Waals surface area contributed by atoms with Crippen LogP contribution in [0, 0.1) is 0 Å². The van der Waals surface area contributed by atoms with Gasteiger partial charge < -0.3 is 5.11 Å². The second kappa shape index (κ2) is 7.06. The summed E-state index contributed by atoms with van der Waals surface area (Å²) in [5, 5.41) is 8.56. The first-order valence-electron chi connectivity index (χ1n) is 6.20. The van der Waals surface area contributed by atoms with Crippen LogP contribution in [0.1, 0.15) is 46.5 Å². The van der Waals surface area contributed by atoms with Crippen LogP contribution >= 0.6 is 0 Å². The van der Waals surface area contributed by atoms with Gasteiger partial charge in [-0.3, -0.25) is 4.79 Å². The van der Waals surface area contributed by atoms with Crippen LogP contribution in [-0.4, -0.2) is 42.9 Å². The van der Waals surface area contributed by atoms with Crippen LogP contribution in [0.25, 0.3) is 0 Å². The Balaban J connectivity index is 4.77. The minimum Gasteiger partial charge on any atom is -0.481 e. The molecule has 0 heterocycles. The highest BCUT2D eigenvalue weighted by Crippen LogP contribution is 2.21. The molecule has 2 N–H and O–H groups in total. The molecule has 0 aliphatic heterocycles. The Hall–Kier alpha value is -0.660. The van der Waals surface area contributed by atoms with Gasteiger partial charge in [0.1, 0.15) is 0 Å². The molecule has 7 heteroatoms. The second-order valence-corrected chi connectivity index (χ2v) is 6.19.